The Kier molecular flexibility index (Phi) is 12.5. The molecule has 0 unspecified atom stereocenters. The van der Waals surface area contributed by atoms with Crippen LogP contribution in [0.15, 0.2) is 131 Å². The number of aliphatic imine (C=N–C) groups is 2. The fourth-order valence-electron chi connectivity index (χ4n) is 5.44. The van der Waals surface area contributed by atoms with Crippen molar-refractivity contribution in [3.63, 3.8) is 0 Å². The molecule has 6 rings (SSSR count). The second-order valence-corrected chi connectivity index (χ2v) is 12.7. The fourth-order valence-corrected chi connectivity index (χ4v) is 5.92. The van der Waals surface area contributed by atoms with Crippen LogP contribution >= 0.6 is 0 Å². The predicted octanol–water partition coefficient (Wildman–Crippen LogP) is 4.54. The van der Waals surface area contributed by atoms with Crippen molar-refractivity contribution in [2.45, 2.75) is 6.42 Å². The zero-order chi connectivity index (χ0) is 35.1. The van der Waals surface area contributed by atoms with Gasteiger partial charge in [-0.1, -0.05) is 66.6 Å². The number of halogens is 2. The Labute approximate surface area is 317 Å². The minimum Gasteiger partial charge on any atom is -0.748 e. The van der Waals surface area contributed by atoms with E-state index in [-0.39, 0.29) is 66.5 Å². The first kappa shape index (κ1) is 37.5. The Morgan fingerprint density at radius 2 is 1.41 bits per heavy atom. The topological polar surface area (TPSA) is 105 Å². The Bertz CT molecular complexity index is 2220. The quantitative estimate of drug-likeness (QED) is 0.0773. The summed E-state index contributed by atoms with van der Waals surface area (Å²) in [5.74, 6) is 3.20. The van der Waals surface area contributed by atoms with Crippen LogP contribution in [0.2, 0.25) is 0 Å². The largest absolute Gasteiger partial charge is 1.00 e. The van der Waals surface area contributed by atoms with E-state index in [2.05, 4.69) is 5.92 Å². The maximum absolute atomic E-state index is 15.2. The van der Waals surface area contributed by atoms with Gasteiger partial charge in [-0.3, -0.25) is 8.63 Å². The zero-order valence-electron chi connectivity index (χ0n) is 27.6. The monoisotopic (exact) mass is 711 g/mol. The van der Waals surface area contributed by atoms with Gasteiger partial charge in [0.15, 0.2) is 5.84 Å². The van der Waals surface area contributed by atoms with Gasteiger partial charge in [0, 0.05) is 28.1 Å². The smallest absolute Gasteiger partial charge is 0.748 e. The molecule has 0 N–H and O–H groups in total. The van der Waals surface area contributed by atoms with Crippen LogP contribution in [0.25, 0.3) is 28.0 Å². The van der Waals surface area contributed by atoms with Gasteiger partial charge < -0.3 is 18.5 Å². The van der Waals surface area contributed by atoms with Gasteiger partial charge in [-0.15, -0.1) is 6.42 Å². The van der Waals surface area contributed by atoms with Crippen molar-refractivity contribution in [1.82, 2.24) is 4.48 Å². The maximum atomic E-state index is 15.2. The minimum atomic E-state index is -4.34. The van der Waals surface area contributed by atoms with Gasteiger partial charge in [0.1, 0.15) is 23.9 Å². The van der Waals surface area contributed by atoms with E-state index in [1.165, 1.54) is 0 Å². The molecule has 0 bridgehead atoms. The first-order valence-corrected chi connectivity index (χ1v) is 17.1. The Balaban J connectivity index is 0.00000504. The molecule has 8 nitrogen and oxygen atoms in total. The van der Waals surface area contributed by atoms with Crippen LogP contribution in [0.4, 0.5) is 14.4 Å². The van der Waals surface area contributed by atoms with Crippen LogP contribution in [0, 0.1) is 12.3 Å². The van der Waals surface area contributed by atoms with E-state index in [1.807, 2.05) is 78.9 Å². The van der Waals surface area contributed by atoms with Gasteiger partial charge in [0.25, 0.3) is 0 Å². The van der Waals surface area contributed by atoms with Crippen molar-refractivity contribution in [2.24, 2.45) is 9.98 Å². The molecule has 13 heteroatoms. The van der Waals surface area contributed by atoms with Gasteiger partial charge in [0.2, 0.25) is 0 Å². The number of hydrogen-bond donors (Lipinski definition) is 0. The molecule has 0 saturated carbocycles. The molecule has 0 atom stereocenters. The third-order valence-electron chi connectivity index (χ3n) is 7.76. The van der Waals surface area contributed by atoms with Crippen LogP contribution in [-0.4, -0.2) is 55.4 Å². The molecule has 1 aliphatic heterocycles. The molecule has 0 fully saturated rings. The maximum Gasteiger partial charge on any atom is 1.00 e. The fraction of sp³-hybridized carbons (Fsp3) is 0.105. The SMILES string of the molecule is C#CCOc1ccc(C2=N/C(=N\c3c(-c4ccccc4)cc(-c4ccc(OCCCS(=O)(=O)[O-])cc4)n3B(F)F)C(c3ccccc3)=C2)cc1.[Na+]. The van der Waals surface area contributed by atoms with Crippen LogP contribution in [0.1, 0.15) is 17.5 Å². The number of rotatable bonds is 13. The van der Waals surface area contributed by atoms with Crippen molar-refractivity contribution in [2.75, 3.05) is 19.0 Å². The van der Waals surface area contributed by atoms with E-state index in [1.54, 1.807) is 42.5 Å². The zero-order valence-corrected chi connectivity index (χ0v) is 30.4. The summed E-state index contributed by atoms with van der Waals surface area (Å²) in [5, 5.41) is 0. The summed E-state index contributed by atoms with van der Waals surface area (Å²) in [6.45, 7) is 0.151. The Hall–Kier alpha value is -4.77. The average molecular weight is 712 g/mol. The standard InChI is InChI=1S/C38H30BF2N3O5S.Na/c1-2-22-48-31-18-14-29(15-19-31)35-25-33(27-10-5-3-6-11-27)37(42-35)43-38-34(28-12-7-4-8-13-28)26-36(44(38)39(40)41)30-16-20-32(21-17-30)49-23-9-24-50(45,46)47;/h1,3-8,10-21,25-26H,9,22-24H2,(H,45,46,47);/q;+1/p-1/b43-37-;. The van der Waals surface area contributed by atoms with Crippen LogP contribution in [-0.2, 0) is 10.1 Å². The normalized spacial score (nSPS) is 13.2. The van der Waals surface area contributed by atoms with Gasteiger partial charge >= 0.3 is 37.0 Å². The second-order valence-electron chi connectivity index (χ2n) is 11.1. The summed E-state index contributed by atoms with van der Waals surface area (Å²) in [5.41, 5.74) is 4.74. The second kappa shape index (κ2) is 17.0. The summed E-state index contributed by atoms with van der Waals surface area (Å²) < 4.78 is 74.9. The van der Waals surface area contributed by atoms with Crippen LogP contribution < -0.4 is 39.0 Å². The molecule has 2 heterocycles. The van der Waals surface area contributed by atoms with Gasteiger partial charge in [-0.2, -0.15) is 0 Å². The molecule has 51 heavy (non-hydrogen) atoms. The van der Waals surface area contributed by atoms with Gasteiger partial charge in [0.05, 0.1) is 22.4 Å². The van der Waals surface area contributed by atoms with Crippen molar-refractivity contribution in [1.29, 1.82) is 0 Å². The molecule has 0 spiro atoms. The molecule has 4 aromatic carbocycles. The number of nitrogens with zero attached hydrogens (tertiary/aromatic N) is 3. The molecule has 0 radical (unpaired) electrons. The number of hydrogen-bond acceptors (Lipinski definition) is 6. The van der Waals surface area contributed by atoms with E-state index < -0.39 is 23.3 Å². The summed E-state index contributed by atoms with van der Waals surface area (Å²) in [6.07, 6.45) is 7.23. The summed E-state index contributed by atoms with van der Waals surface area (Å²) >= 11 is 0. The number of aromatic nitrogens is 1. The number of terminal acetylenes is 1. The van der Waals surface area contributed by atoms with Crippen molar-refractivity contribution in [3.8, 4) is 46.2 Å². The van der Waals surface area contributed by atoms with Crippen molar-refractivity contribution < 1.29 is 60.6 Å². The molecule has 1 aromatic heterocycles. The third kappa shape index (κ3) is 9.32. The van der Waals surface area contributed by atoms with Crippen molar-refractivity contribution >= 4 is 40.5 Å². The molecule has 1 aliphatic rings. The van der Waals surface area contributed by atoms with E-state index in [0.29, 0.717) is 39.5 Å². The molecule has 0 amide bonds. The number of ether oxygens (including phenoxy) is 2. The molecule has 5 aromatic rings. The number of benzene rings is 4. The Morgan fingerprint density at radius 1 is 0.824 bits per heavy atom. The van der Waals surface area contributed by atoms with Crippen molar-refractivity contribution in [3.05, 3.63) is 132 Å². The first-order chi connectivity index (χ1) is 24.2. The Morgan fingerprint density at radius 3 is 2.00 bits per heavy atom. The molecular formula is C38H29BF2N3NaO5S. The van der Waals surface area contributed by atoms with Crippen LogP contribution in [0.3, 0.4) is 0 Å². The van der Waals surface area contributed by atoms with Gasteiger partial charge in [-0.05, 0) is 83.8 Å². The molecular weight excluding hydrogens is 682 g/mol. The van der Waals surface area contributed by atoms with Crippen LogP contribution in [0.5, 0.6) is 11.5 Å². The number of allylic oxidation sites excluding steroid dienone is 1. The first-order valence-electron chi connectivity index (χ1n) is 15.6. The summed E-state index contributed by atoms with van der Waals surface area (Å²) in [6, 6.07) is 34.1. The molecule has 0 aliphatic carbocycles. The number of amidine groups is 1. The average Bonchev–Trinajstić information content (AvgIpc) is 3.72. The van der Waals surface area contributed by atoms with Gasteiger partial charge in [-0.25, -0.2) is 18.4 Å². The van der Waals surface area contributed by atoms with E-state index in [0.717, 1.165) is 15.6 Å². The van der Waals surface area contributed by atoms with E-state index in [9.17, 15) is 13.0 Å². The van der Waals surface area contributed by atoms with E-state index in [4.69, 9.17) is 25.9 Å². The summed E-state index contributed by atoms with van der Waals surface area (Å²) in [7, 11) is -7.31. The summed E-state index contributed by atoms with van der Waals surface area (Å²) in [4.78, 5) is 9.73. The van der Waals surface area contributed by atoms with E-state index >= 15 is 8.63 Å². The minimum absolute atomic E-state index is 0. The molecule has 0 saturated heterocycles. The molecule has 250 valence electrons. The predicted molar refractivity (Wildman–Crippen MR) is 192 cm³/mol. The third-order valence-corrected chi connectivity index (χ3v) is 8.55.